The summed E-state index contributed by atoms with van der Waals surface area (Å²) in [4.78, 5) is 0. The molecule has 0 aliphatic carbocycles. The number of ether oxygens (including phenoxy) is 1. The number of nitrogens with zero attached hydrogens (tertiary/aromatic N) is 3. The molecular formula is C18H23N3O3S. The maximum Gasteiger partial charge on any atom is 0.213 e. The second kappa shape index (κ2) is 6.23. The van der Waals surface area contributed by atoms with Crippen LogP contribution in [-0.2, 0) is 26.8 Å². The van der Waals surface area contributed by atoms with E-state index in [-0.39, 0.29) is 5.75 Å². The third kappa shape index (κ3) is 2.90. The molecular weight excluding hydrogens is 338 g/mol. The highest BCUT2D eigenvalue weighted by atomic mass is 32.2. The molecule has 2 aliphatic heterocycles. The zero-order chi connectivity index (χ0) is 17.5. The first kappa shape index (κ1) is 16.8. The van der Waals surface area contributed by atoms with Crippen molar-refractivity contribution in [2.45, 2.75) is 31.8 Å². The average Bonchev–Trinajstić information content (AvgIpc) is 3.09. The SMILES string of the molecule is CCS(=O)(=O)N1CCC2(CC1)OCCc1cn(-c3ccccc3)nc12. The fourth-order valence-electron chi connectivity index (χ4n) is 3.80. The van der Waals surface area contributed by atoms with E-state index in [4.69, 9.17) is 9.84 Å². The summed E-state index contributed by atoms with van der Waals surface area (Å²) in [6, 6.07) is 10.0. The number of benzene rings is 1. The molecule has 25 heavy (non-hydrogen) atoms. The first-order valence-electron chi connectivity index (χ1n) is 8.80. The van der Waals surface area contributed by atoms with Crippen LogP contribution in [0.2, 0.25) is 0 Å². The predicted molar refractivity (Wildman–Crippen MR) is 95.2 cm³/mol. The smallest absolute Gasteiger partial charge is 0.213 e. The standard InChI is InChI=1S/C18H23N3O3S/c1-2-25(22,23)20-11-9-18(10-12-20)17-15(8-13-24-18)14-21(19-17)16-6-4-3-5-7-16/h3-7,14H,2,8-13H2,1H3. The Morgan fingerprint density at radius 2 is 1.92 bits per heavy atom. The number of piperidine rings is 1. The summed E-state index contributed by atoms with van der Waals surface area (Å²) in [7, 11) is -3.14. The van der Waals surface area contributed by atoms with Gasteiger partial charge in [-0.15, -0.1) is 0 Å². The number of rotatable bonds is 3. The number of para-hydroxylation sites is 1. The van der Waals surface area contributed by atoms with Gasteiger partial charge in [0.2, 0.25) is 10.0 Å². The predicted octanol–water partition coefficient (Wildman–Crippen LogP) is 2.09. The zero-order valence-electron chi connectivity index (χ0n) is 14.4. The minimum atomic E-state index is -3.14. The van der Waals surface area contributed by atoms with Gasteiger partial charge < -0.3 is 4.74 Å². The van der Waals surface area contributed by atoms with E-state index >= 15 is 0 Å². The second-order valence-corrected chi connectivity index (χ2v) is 8.93. The van der Waals surface area contributed by atoms with Gasteiger partial charge in [-0.2, -0.15) is 5.10 Å². The summed E-state index contributed by atoms with van der Waals surface area (Å²) in [5, 5.41) is 4.83. The Hall–Kier alpha value is -1.70. The van der Waals surface area contributed by atoms with Crippen LogP contribution >= 0.6 is 0 Å². The minimum absolute atomic E-state index is 0.148. The maximum atomic E-state index is 12.1. The van der Waals surface area contributed by atoms with Crippen LogP contribution in [0.3, 0.4) is 0 Å². The lowest BCUT2D eigenvalue weighted by Gasteiger charge is -2.42. The molecule has 0 saturated carbocycles. The van der Waals surface area contributed by atoms with Gasteiger partial charge >= 0.3 is 0 Å². The van der Waals surface area contributed by atoms with Gasteiger partial charge in [0.25, 0.3) is 0 Å². The summed E-state index contributed by atoms with van der Waals surface area (Å²) in [5.74, 6) is 0.148. The lowest BCUT2D eigenvalue weighted by atomic mass is 9.84. The van der Waals surface area contributed by atoms with E-state index in [2.05, 4.69) is 6.20 Å². The normalized spacial score (nSPS) is 20.5. The number of fused-ring (bicyclic) bond motifs is 2. The third-order valence-electron chi connectivity index (χ3n) is 5.28. The highest BCUT2D eigenvalue weighted by Crippen LogP contribution is 2.41. The Morgan fingerprint density at radius 3 is 2.60 bits per heavy atom. The fourth-order valence-corrected chi connectivity index (χ4v) is 4.91. The second-order valence-electron chi connectivity index (χ2n) is 6.68. The van der Waals surface area contributed by atoms with E-state index in [1.807, 2.05) is 35.0 Å². The first-order valence-corrected chi connectivity index (χ1v) is 10.4. The van der Waals surface area contributed by atoms with E-state index in [0.29, 0.717) is 32.5 Å². The molecule has 1 aromatic heterocycles. The highest BCUT2D eigenvalue weighted by Gasteiger charge is 2.44. The molecule has 0 radical (unpaired) electrons. The van der Waals surface area contributed by atoms with Gasteiger partial charge in [-0.3, -0.25) is 0 Å². The van der Waals surface area contributed by atoms with Crippen LogP contribution in [-0.4, -0.2) is 48.0 Å². The largest absolute Gasteiger partial charge is 0.368 e. The Bertz CT molecular complexity index is 853. The van der Waals surface area contributed by atoms with Crippen LogP contribution in [0, 0.1) is 0 Å². The van der Waals surface area contributed by atoms with E-state index in [0.717, 1.165) is 17.8 Å². The molecule has 0 unspecified atom stereocenters. The van der Waals surface area contributed by atoms with Crippen molar-refractivity contribution in [1.82, 2.24) is 14.1 Å². The molecule has 0 N–H and O–H groups in total. The van der Waals surface area contributed by atoms with Gasteiger partial charge in [0, 0.05) is 19.3 Å². The molecule has 1 fully saturated rings. The highest BCUT2D eigenvalue weighted by molar-refractivity contribution is 7.89. The van der Waals surface area contributed by atoms with E-state index in [9.17, 15) is 8.42 Å². The first-order chi connectivity index (χ1) is 12.0. The molecule has 6 nitrogen and oxygen atoms in total. The molecule has 0 atom stereocenters. The molecule has 7 heteroatoms. The average molecular weight is 361 g/mol. The molecule has 0 bridgehead atoms. The molecule has 3 heterocycles. The van der Waals surface area contributed by atoms with Gasteiger partial charge in [0.05, 0.1) is 23.7 Å². The Balaban J connectivity index is 1.64. The number of sulfonamides is 1. The quantitative estimate of drug-likeness (QED) is 0.840. The van der Waals surface area contributed by atoms with E-state index < -0.39 is 15.6 Å². The summed E-state index contributed by atoms with van der Waals surface area (Å²) >= 11 is 0. The van der Waals surface area contributed by atoms with Crippen molar-refractivity contribution in [2.24, 2.45) is 0 Å². The Morgan fingerprint density at radius 1 is 1.20 bits per heavy atom. The van der Waals surface area contributed by atoms with Crippen molar-refractivity contribution in [1.29, 1.82) is 0 Å². The van der Waals surface area contributed by atoms with Gasteiger partial charge in [0.15, 0.2) is 0 Å². The molecule has 1 saturated heterocycles. The Kier molecular flexibility index (Phi) is 4.17. The van der Waals surface area contributed by atoms with Crippen LogP contribution in [0.15, 0.2) is 36.5 Å². The lowest BCUT2D eigenvalue weighted by molar-refractivity contribution is -0.0921. The minimum Gasteiger partial charge on any atom is -0.368 e. The van der Waals surface area contributed by atoms with Gasteiger partial charge in [-0.05, 0) is 43.9 Å². The van der Waals surface area contributed by atoms with Crippen LogP contribution < -0.4 is 0 Å². The van der Waals surface area contributed by atoms with Crippen molar-refractivity contribution >= 4 is 10.0 Å². The monoisotopic (exact) mass is 361 g/mol. The van der Waals surface area contributed by atoms with Crippen molar-refractivity contribution in [3.8, 4) is 5.69 Å². The van der Waals surface area contributed by atoms with E-state index in [1.165, 1.54) is 5.56 Å². The third-order valence-corrected chi connectivity index (χ3v) is 7.16. The van der Waals surface area contributed by atoms with Crippen LogP contribution in [0.25, 0.3) is 5.69 Å². The van der Waals surface area contributed by atoms with Crippen molar-refractivity contribution in [3.63, 3.8) is 0 Å². The summed E-state index contributed by atoms with van der Waals surface area (Å²) < 4.78 is 33.9. The molecule has 0 amide bonds. The molecule has 2 aliphatic rings. The molecule has 2 aromatic rings. The Labute approximate surface area is 148 Å². The molecule has 1 aromatic carbocycles. The summed E-state index contributed by atoms with van der Waals surface area (Å²) in [6.45, 7) is 3.34. The fraction of sp³-hybridized carbons (Fsp3) is 0.500. The van der Waals surface area contributed by atoms with Crippen molar-refractivity contribution < 1.29 is 13.2 Å². The summed E-state index contributed by atoms with van der Waals surface area (Å²) in [6.07, 6.45) is 4.25. The van der Waals surface area contributed by atoms with E-state index in [1.54, 1.807) is 11.2 Å². The number of aromatic nitrogens is 2. The van der Waals surface area contributed by atoms with Gasteiger partial charge in [-0.25, -0.2) is 17.4 Å². The molecule has 134 valence electrons. The van der Waals surface area contributed by atoms with Crippen LogP contribution in [0.5, 0.6) is 0 Å². The number of hydrogen-bond acceptors (Lipinski definition) is 4. The summed E-state index contributed by atoms with van der Waals surface area (Å²) in [5.41, 5.74) is 2.77. The zero-order valence-corrected chi connectivity index (χ0v) is 15.2. The van der Waals surface area contributed by atoms with Crippen molar-refractivity contribution in [2.75, 3.05) is 25.4 Å². The maximum absolute atomic E-state index is 12.1. The van der Waals surface area contributed by atoms with Crippen LogP contribution in [0.4, 0.5) is 0 Å². The topological polar surface area (TPSA) is 64.4 Å². The van der Waals surface area contributed by atoms with Gasteiger partial charge in [-0.1, -0.05) is 18.2 Å². The number of hydrogen-bond donors (Lipinski definition) is 0. The van der Waals surface area contributed by atoms with Gasteiger partial charge in [0.1, 0.15) is 5.60 Å². The lowest BCUT2D eigenvalue weighted by Crippen LogP contribution is -2.48. The van der Waals surface area contributed by atoms with Crippen molar-refractivity contribution in [3.05, 3.63) is 47.8 Å². The molecule has 1 spiro atoms. The van der Waals surface area contributed by atoms with Crippen LogP contribution in [0.1, 0.15) is 31.0 Å². The molecule has 4 rings (SSSR count).